The van der Waals surface area contributed by atoms with Crippen molar-refractivity contribution in [1.82, 2.24) is 4.98 Å². The van der Waals surface area contributed by atoms with E-state index < -0.39 is 18.3 Å². The lowest BCUT2D eigenvalue weighted by atomic mass is 9.79. The van der Waals surface area contributed by atoms with Crippen LogP contribution in [0.1, 0.15) is 33.3 Å². The summed E-state index contributed by atoms with van der Waals surface area (Å²) in [7, 11) is -0.467. The molecule has 0 spiro atoms. The van der Waals surface area contributed by atoms with Gasteiger partial charge in [0.05, 0.1) is 17.6 Å². The topological polar surface area (TPSA) is 74.4 Å². The highest BCUT2D eigenvalue weighted by atomic mass is 16.7. The quantitative estimate of drug-likeness (QED) is 0.800. The molecule has 1 aliphatic rings. The van der Waals surface area contributed by atoms with Crippen LogP contribution in [0, 0.1) is 0 Å². The molecule has 0 bridgehead atoms. The van der Waals surface area contributed by atoms with Gasteiger partial charge in [-0.3, -0.25) is 9.78 Å². The van der Waals surface area contributed by atoms with E-state index in [1.54, 1.807) is 12.4 Å². The number of nitrogens with zero attached hydrogens (tertiary/aromatic N) is 1. The Labute approximate surface area is 113 Å². The van der Waals surface area contributed by atoms with Gasteiger partial charge < -0.3 is 15.0 Å². The van der Waals surface area contributed by atoms with Gasteiger partial charge in [-0.15, -0.1) is 0 Å². The van der Waals surface area contributed by atoms with Crippen molar-refractivity contribution in [3.8, 4) is 0 Å². The zero-order valence-electron chi connectivity index (χ0n) is 11.8. The van der Waals surface area contributed by atoms with E-state index in [0.717, 1.165) is 11.0 Å². The third-order valence-corrected chi connectivity index (χ3v) is 3.72. The smallest absolute Gasteiger partial charge is 0.399 e. The van der Waals surface area contributed by atoms with Crippen molar-refractivity contribution in [2.75, 3.05) is 0 Å². The van der Waals surface area contributed by atoms with Crippen LogP contribution in [-0.4, -0.2) is 29.2 Å². The summed E-state index contributed by atoms with van der Waals surface area (Å²) in [4.78, 5) is 15.0. The van der Waals surface area contributed by atoms with Crippen LogP contribution in [0.4, 0.5) is 0 Å². The standard InChI is InChI=1S/C13H19BN2O3/c1-12(2)13(3,4)19-14(18-12)10-5-9(6-11(15)17)7-16-8-10/h5,7-8H,6H2,1-4H3,(H2,15,17). The van der Waals surface area contributed by atoms with Gasteiger partial charge >= 0.3 is 7.12 Å². The van der Waals surface area contributed by atoms with Crippen LogP contribution in [0.3, 0.4) is 0 Å². The molecule has 1 aromatic rings. The zero-order valence-corrected chi connectivity index (χ0v) is 11.8. The number of nitrogens with two attached hydrogens (primary N) is 1. The lowest BCUT2D eigenvalue weighted by molar-refractivity contribution is -0.117. The second-order valence-corrected chi connectivity index (χ2v) is 5.86. The Morgan fingerprint density at radius 1 is 1.26 bits per heavy atom. The van der Waals surface area contributed by atoms with Gasteiger partial charge in [-0.1, -0.05) is 6.07 Å². The molecule has 1 aromatic heterocycles. The zero-order chi connectivity index (χ0) is 14.3. The van der Waals surface area contributed by atoms with Gasteiger partial charge in [0.1, 0.15) is 0 Å². The van der Waals surface area contributed by atoms with E-state index in [1.165, 1.54) is 0 Å². The maximum Gasteiger partial charge on any atom is 0.496 e. The molecule has 0 atom stereocenters. The molecule has 0 radical (unpaired) electrons. The molecule has 2 rings (SSSR count). The number of primary amides is 1. The van der Waals surface area contributed by atoms with E-state index in [0.29, 0.717) is 0 Å². The molecule has 1 amide bonds. The first-order valence-electron chi connectivity index (χ1n) is 6.29. The second-order valence-electron chi connectivity index (χ2n) is 5.86. The SMILES string of the molecule is CC1(C)OB(c2cncc(CC(N)=O)c2)OC1(C)C. The summed E-state index contributed by atoms with van der Waals surface area (Å²) in [5.74, 6) is -0.382. The summed E-state index contributed by atoms with van der Waals surface area (Å²) in [5, 5.41) is 0. The Balaban J connectivity index is 2.22. The molecule has 1 saturated heterocycles. The minimum atomic E-state index is -0.467. The number of aromatic nitrogens is 1. The van der Waals surface area contributed by atoms with Crippen molar-refractivity contribution in [3.05, 3.63) is 24.0 Å². The normalized spacial score (nSPS) is 20.5. The first-order valence-corrected chi connectivity index (χ1v) is 6.29. The van der Waals surface area contributed by atoms with Gasteiger partial charge in [-0.25, -0.2) is 0 Å². The summed E-state index contributed by atoms with van der Waals surface area (Å²) < 4.78 is 11.9. The van der Waals surface area contributed by atoms with Crippen LogP contribution in [0.2, 0.25) is 0 Å². The second kappa shape index (κ2) is 4.61. The monoisotopic (exact) mass is 262 g/mol. The minimum absolute atomic E-state index is 0.167. The Bertz CT molecular complexity index is 486. The molecule has 6 heteroatoms. The summed E-state index contributed by atoms with van der Waals surface area (Å²) in [6.45, 7) is 7.97. The van der Waals surface area contributed by atoms with E-state index in [1.807, 2.05) is 33.8 Å². The van der Waals surface area contributed by atoms with Crippen molar-refractivity contribution < 1.29 is 14.1 Å². The minimum Gasteiger partial charge on any atom is -0.399 e. The maximum atomic E-state index is 10.9. The molecule has 5 nitrogen and oxygen atoms in total. The Kier molecular flexibility index (Phi) is 3.41. The van der Waals surface area contributed by atoms with Gasteiger partial charge in [0.2, 0.25) is 5.91 Å². The molecule has 19 heavy (non-hydrogen) atoms. The fraction of sp³-hybridized carbons (Fsp3) is 0.538. The molecule has 2 heterocycles. The van der Waals surface area contributed by atoms with Crippen molar-refractivity contribution in [3.63, 3.8) is 0 Å². The van der Waals surface area contributed by atoms with Crippen LogP contribution >= 0.6 is 0 Å². The highest BCUT2D eigenvalue weighted by Crippen LogP contribution is 2.36. The summed E-state index contributed by atoms with van der Waals surface area (Å²) >= 11 is 0. The number of rotatable bonds is 3. The molecule has 102 valence electrons. The highest BCUT2D eigenvalue weighted by Gasteiger charge is 2.51. The lowest BCUT2D eigenvalue weighted by Gasteiger charge is -2.32. The molecular formula is C13H19BN2O3. The predicted molar refractivity (Wildman–Crippen MR) is 72.9 cm³/mol. The number of amides is 1. The average Bonchev–Trinajstić information content (AvgIpc) is 2.47. The van der Waals surface area contributed by atoms with E-state index >= 15 is 0 Å². The predicted octanol–water partition coefficient (Wildman–Crippen LogP) is 0.409. The molecule has 1 aliphatic heterocycles. The summed E-state index contributed by atoms with van der Waals surface area (Å²) in [6.07, 6.45) is 3.48. The molecule has 0 unspecified atom stereocenters. The van der Waals surface area contributed by atoms with E-state index in [4.69, 9.17) is 15.0 Å². The lowest BCUT2D eigenvalue weighted by Crippen LogP contribution is -2.41. The van der Waals surface area contributed by atoms with Crippen LogP contribution in [0.15, 0.2) is 18.5 Å². The van der Waals surface area contributed by atoms with E-state index in [9.17, 15) is 4.79 Å². The maximum absolute atomic E-state index is 10.9. The molecule has 0 aromatic carbocycles. The first kappa shape index (κ1) is 14.0. The number of carbonyl (C=O) groups excluding carboxylic acids is 1. The highest BCUT2D eigenvalue weighted by molar-refractivity contribution is 6.62. The number of hydrogen-bond acceptors (Lipinski definition) is 4. The third-order valence-electron chi connectivity index (χ3n) is 3.72. The van der Waals surface area contributed by atoms with Crippen molar-refractivity contribution >= 4 is 18.5 Å². The fourth-order valence-corrected chi connectivity index (χ4v) is 1.91. The number of hydrogen-bond donors (Lipinski definition) is 1. The van der Waals surface area contributed by atoms with Crippen LogP contribution < -0.4 is 11.2 Å². The number of carbonyl (C=O) groups is 1. The molecule has 0 saturated carbocycles. The molecular weight excluding hydrogens is 243 g/mol. The van der Waals surface area contributed by atoms with Gasteiger partial charge in [-0.05, 0) is 33.3 Å². The Hall–Kier alpha value is -1.40. The Morgan fingerprint density at radius 3 is 2.37 bits per heavy atom. The van der Waals surface area contributed by atoms with Crippen molar-refractivity contribution in [1.29, 1.82) is 0 Å². The first-order chi connectivity index (χ1) is 8.71. The van der Waals surface area contributed by atoms with Crippen molar-refractivity contribution in [2.24, 2.45) is 5.73 Å². The van der Waals surface area contributed by atoms with E-state index in [-0.39, 0.29) is 12.3 Å². The van der Waals surface area contributed by atoms with Gasteiger partial charge in [-0.2, -0.15) is 0 Å². The molecule has 2 N–H and O–H groups in total. The van der Waals surface area contributed by atoms with Gasteiger partial charge in [0.15, 0.2) is 0 Å². The van der Waals surface area contributed by atoms with Crippen molar-refractivity contribution in [2.45, 2.75) is 45.3 Å². The molecule has 0 aliphatic carbocycles. The fourth-order valence-electron chi connectivity index (χ4n) is 1.91. The molecule has 1 fully saturated rings. The van der Waals surface area contributed by atoms with E-state index in [2.05, 4.69) is 4.98 Å². The Morgan fingerprint density at radius 2 is 1.84 bits per heavy atom. The average molecular weight is 262 g/mol. The summed E-state index contributed by atoms with van der Waals surface area (Å²) in [5.41, 5.74) is 5.97. The number of pyridine rings is 1. The third kappa shape index (κ3) is 2.79. The van der Waals surface area contributed by atoms with Crippen LogP contribution in [0.5, 0.6) is 0 Å². The van der Waals surface area contributed by atoms with Gasteiger partial charge in [0, 0.05) is 17.9 Å². The summed E-state index contributed by atoms with van der Waals surface area (Å²) in [6, 6.07) is 1.85. The van der Waals surface area contributed by atoms with Crippen LogP contribution in [-0.2, 0) is 20.5 Å². The van der Waals surface area contributed by atoms with Gasteiger partial charge in [0.25, 0.3) is 0 Å². The largest absolute Gasteiger partial charge is 0.496 e. The van der Waals surface area contributed by atoms with Crippen LogP contribution in [0.25, 0.3) is 0 Å².